The number of carbonyl (C=O) groups is 1. The first-order valence-electron chi connectivity index (χ1n) is 7.94. The van der Waals surface area contributed by atoms with Crippen molar-refractivity contribution in [2.24, 2.45) is 0 Å². The number of pyridine rings is 1. The van der Waals surface area contributed by atoms with Crippen LogP contribution in [0, 0.1) is 0 Å². The number of amides is 1. The van der Waals surface area contributed by atoms with E-state index < -0.39 is 0 Å². The predicted molar refractivity (Wildman–Crippen MR) is 85.5 cm³/mol. The molecule has 1 aliphatic carbocycles. The third-order valence-electron chi connectivity index (χ3n) is 4.65. The molecule has 2 heterocycles. The molecule has 4 rings (SSSR count). The summed E-state index contributed by atoms with van der Waals surface area (Å²) < 4.78 is 0. The molecular formula is C18H19N3O. The Bertz CT molecular complexity index is 680. The number of fused-ring (bicyclic) bond motifs is 1. The maximum Gasteiger partial charge on any atom is 0.258 e. The minimum Gasteiger partial charge on any atom is -0.359 e. The molecular weight excluding hydrogens is 274 g/mol. The van der Waals surface area contributed by atoms with Gasteiger partial charge >= 0.3 is 0 Å². The highest BCUT2D eigenvalue weighted by atomic mass is 16.2. The lowest BCUT2D eigenvalue weighted by Gasteiger charge is -2.41. The summed E-state index contributed by atoms with van der Waals surface area (Å²) in [4.78, 5) is 19.5. The smallest absolute Gasteiger partial charge is 0.258 e. The lowest BCUT2D eigenvalue weighted by atomic mass is 10.0. The quantitative estimate of drug-likeness (QED) is 0.920. The zero-order chi connectivity index (χ0) is 14.9. The Kier molecular flexibility index (Phi) is 3.29. The van der Waals surface area contributed by atoms with Gasteiger partial charge in [-0.1, -0.05) is 31.0 Å². The minimum absolute atomic E-state index is 0.122. The van der Waals surface area contributed by atoms with Crippen molar-refractivity contribution in [3.63, 3.8) is 0 Å². The predicted octanol–water partition coefficient (Wildman–Crippen LogP) is 3.59. The third kappa shape index (κ3) is 2.15. The summed E-state index contributed by atoms with van der Waals surface area (Å²) in [7, 11) is 0. The van der Waals surface area contributed by atoms with Crippen LogP contribution in [0.1, 0.15) is 47.9 Å². The van der Waals surface area contributed by atoms with E-state index in [4.69, 9.17) is 0 Å². The molecule has 22 heavy (non-hydrogen) atoms. The number of anilines is 1. The molecule has 1 amide bonds. The first-order valence-corrected chi connectivity index (χ1v) is 7.94. The fraction of sp³-hybridized carbons (Fsp3) is 0.333. The van der Waals surface area contributed by atoms with Gasteiger partial charge in [0.1, 0.15) is 6.17 Å². The second-order valence-electron chi connectivity index (χ2n) is 6.00. The van der Waals surface area contributed by atoms with Gasteiger partial charge in [0.2, 0.25) is 0 Å². The van der Waals surface area contributed by atoms with E-state index in [0.29, 0.717) is 6.04 Å². The Morgan fingerprint density at radius 2 is 1.82 bits per heavy atom. The highest BCUT2D eigenvalue weighted by Gasteiger charge is 2.38. The summed E-state index contributed by atoms with van der Waals surface area (Å²) in [5, 5.41) is 3.51. The average Bonchev–Trinajstić information content (AvgIpc) is 3.10. The molecule has 2 aliphatic rings. The number of nitrogens with one attached hydrogen (secondary N) is 1. The van der Waals surface area contributed by atoms with Crippen molar-refractivity contribution in [1.29, 1.82) is 0 Å². The molecule has 2 aromatic rings. The first-order chi connectivity index (χ1) is 10.8. The van der Waals surface area contributed by atoms with Crippen molar-refractivity contribution < 1.29 is 4.79 Å². The maximum atomic E-state index is 13.0. The molecule has 1 aromatic carbocycles. The van der Waals surface area contributed by atoms with Crippen molar-refractivity contribution in [2.45, 2.75) is 37.9 Å². The van der Waals surface area contributed by atoms with E-state index in [1.54, 1.807) is 6.20 Å². The molecule has 0 saturated heterocycles. The van der Waals surface area contributed by atoms with Crippen molar-refractivity contribution in [1.82, 2.24) is 9.88 Å². The Hall–Kier alpha value is -2.36. The molecule has 1 saturated carbocycles. The number of hydrogen-bond donors (Lipinski definition) is 1. The van der Waals surface area contributed by atoms with E-state index in [2.05, 4.69) is 10.3 Å². The van der Waals surface area contributed by atoms with Crippen LogP contribution in [0.5, 0.6) is 0 Å². The van der Waals surface area contributed by atoms with Crippen LogP contribution in [0.2, 0.25) is 0 Å². The molecule has 1 unspecified atom stereocenters. The normalized spacial score (nSPS) is 21.5. The van der Waals surface area contributed by atoms with Crippen LogP contribution in [0.15, 0.2) is 48.7 Å². The van der Waals surface area contributed by atoms with Crippen LogP contribution in [0.4, 0.5) is 5.69 Å². The summed E-state index contributed by atoms with van der Waals surface area (Å²) in [5.41, 5.74) is 2.57. The lowest BCUT2D eigenvalue weighted by Crippen LogP contribution is -2.48. The second-order valence-corrected chi connectivity index (χ2v) is 6.00. The summed E-state index contributed by atoms with van der Waals surface area (Å²) in [6.07, 6.45) is 6.18. The van der Waals surface area contributed by atoms with Crippen LogP contribution >= 0.6 is 0 Å². The van der Waals surface area contributed by atoms with Crippen molar-refractivity contribution in [3.05, 3.63) is 59.9 Å². The summed E-state index contributed by atoms with van der Waals surface area (Å²) in [6, 6.07) is 13.9. The molecule has 4 heteroatoms. The van der Waals surface area contributed by atoms with E-state index in [1.807, 2.05) is 47.4 Å². The van der Waals surface area contributed by atoms with E-state index in [0.717, 1.165) is 29.8 Å². The molecule has 1 aliphatic heterocycles. The largest absolute Gasteiger partial charge is 0.359 e. The van der Waals surface area contributed by atoms with Gasteiger partial charge in [0.15, 0.2) is 0 Å². The zero-order valence-electron chi connectivity index (χ0n) is 12.4. The topological polar surface area (TPSA) is 45.2 Å². The Labute approximate surface area is 130 Å². The molecule has 0 spiro atoms. The van der Waals surface area contributed by atoms with Gasteiger partial charge in [-0.15, -0.1) is 0 Å². The Morgan fingerprint density at radius 1 is 1.05 bits per heavy atom. The van der Waals surface area contributed by atoms with Gasteiger partial charge in [0.05, 0.1) is 11.3 Å². The Morgan fingerprint density at radius 3 is 2.59 bits per heavy atom. The average molecular weight is 293 g/mol. The monoisotopic (exact) mass is 293 g/mol. The van der Waals surface area contributed by atoms with Gasteiger partial charge in [-0.2, -0.15) is 0 Å². The standard InChI is InChI=1S/C18H19N3O/c22-18-14-9-3-4-10-15(14)20-17(16-11-5-6-12-19-16)21(18)13-7-1-2-8-13/h3-6,9-13,17,20H,1-2,7-8H2. The molecule has 1 fully saturated rings. The van der Waals surface area contributed by atoms with Crippen molar-refractivity contribution in [3.8, 4) is 0 Å². The minimum atomic E-state index is -0.174. The van der Waals surface area contributed by atoms with Gasteiger partial charge in [0.25, 0.3) is 5.91 Å². The highest BCUT2D eigenvalue weighted by Crippen LogP contribution is 2.37. The third-order valence-corrected chi connectivity index (χ3v) is 4.65. The van der Waals surface area contributed by atoms with Crippen LogP contribution in [0.25, 0.3) is 0 Å². The summed E-state index contributed by atoms with van der Waals surface area (Å²) in [6.45, 7) is 0. The zero-order valence-corrected chi connectivity index (χ0v) is 12.4. The van der Waals surface area contributed by atoms with Crippen LogP contribution in [-0.4, -0.2) is 21.8 Å². The number of hydrogen-bond acceptors (Lipinski definition) is 3. The van der Waals surface area contributed by atoms with Gasteiger partial charge in [-0.25, -0.2) is 0 Å². The summed E-state index contributed by atoms with van der Waals surface area (Å²) in [5.74, 6) is 0.122. The fourth-order valence-electron chi connectivity index (χ4n) is 3.58. The SMILES string of the molecule is O=C1c2ccccc2NC(c2ccccn2)N1C1CCCC1. The molecule has 4 nitrogen and oxygen atoms in total. The van der Waals surface area contributed by atoms with Gasteiger partial charge in [-0.3, -0.25) is 9.78 Å². The number of nitrogens with zero attached hydrogens (tertiary/aromatic N) is 2. The van der Waals surface area contributed by atoms with Crippen molar-refractivity contribution in [2.75, 3.05) is 5.32 Å². The van der Waals surface area contributed by atoms with E-state index in [1.165, 1.54) is 12.8 Å². The highest BCUT2D eigenvalue weighted by molar-refractivity contribution is 6.01. The molecule has 1 atom stereocenters. The number of para-hydroxylation sites is 1. The number of carbonyl (C=O) groups excluding carboxylic acids is 1. The van der Waals surface area contributed by atoms with Gasteiger partial charge in [0, 0.05) is 17.9 Å². The van der Waals surface area contributed by atoms with E-state index in [9.17, 15) is 4.79 Å². The van der Waals surface area contributed by atoms with Crippen LogP contribution < -0.4 is 5.32 Å². The number of rotatable bonds is 2. The molecule has 1 aromatic heterocycles. The van der Waals surface area contributed by atoms with Crippen LogP contribution in [0.3, 0.4) is 0 Å². The maximum absolute atomic E-state index is 13.0. The van der Waals surface area contributed by atoms with E-state index >= 15 is 0 Å². The van der Waals surface area contributed by atoms with Crippen molar-refractivity contribution >= 4 is 11.6 Å². The fourth-order valence-corrected chi connectivity index (χ4v) is 3.58. The van der Waals surface area contributed by atoms with Gasteiger partial charge < -0.3 is 10.2 Å². The van der Waals surface area contributed by atoms with Crippen LogP contribution in [-0.2, 0) is 0 Å². The number of aromatic nitrogens is 1. The second kappa shape index (κ2) is 5.44. The van der Waals surface area contributed by atoms with Gasteiger partial charge in [-0.05, 0) is 37.1 Å². The number of benzene rings is 1. The Balaban J connectivity index is 1.79. The lowest BCUT2D eigenvalue weighted by molar-refractivity contribution is 0.0580. The summed E-state index contributed by atoms with van der Waals surface area (Å²) >= 11 is 0. The molecule has 0 radical (unpaired) electrons. The molecule has 1 N–H and O–H groups in total. The first kappa shape index (κ1) is 13.3. The molecule has 112 valence electrons. The van der Waals surface area contributed by atoms with E-state index in [-0.39, 0.29) is 12.1 Å². The molecule has 0 bridgehead atoms.